The van der Waals surface area contributed by atoms with Crippen molar-refractivity contribution >= 4 is 15.9 Å². The molecule has 38 heavy (non-hydrogen) atoms. The van der Waals surface area contributed by atoms with E-state index in [9.17, 15) is 17.6 Å². The highest BCUT2D eigenvalue weighted by Gasteiger charge is 2.24. The predicted octanol–water partition coefficient (Wildman–Crippen LogP) is 5.56. The summed E-state index contributed by atoms with van der Waals surface area (Å²) in [6.07, 6.45) is 0.651. The van der Waals surface area contributed by atoms with Gasteiger partial charge in [0.1, 0.15) is 17.1 Å². The average molecular weight is 544 g/mol. The molecule has 0 fully saturated rings. The van der Waals surface area contributed by atoms with E-state index in [0.29, 0.717) is 35.7 Å². The molecule has 0 bridgehead atoms. The van der Waals surface area contributed by atoms with Gasteiger partial charge in [0.25, 0.3) is 15.9 Å². The Bertz CT molecular complexity index is 1400. The van der Waals surface area contributed by atoms with Gasteiger partial charge in [-0.2, -0.15) is 8.42 Å². The Labute approximate surface area is 223 Å². The minimum atomic E-state index is -4.24. The molecule has 8 nitrogen and oxygen atoms in total. The maximum atomic E-state index is 14.4. The number of hydrogen-bond donors (Lipinski definition) is 1. The number of carbonyl (C=O) groups excluding carboxylic acids is 1. The zero-order valence-corrected chi connectivity index (χ0v) is 23.4. The number of sulfonamides is 1. The van der Waals surface area contributed by atoms with Gasteiger partial charge in [0.05, 0.1) is 18.9 Å². The van der Waals surface area contributed by atoms with Crippen LogP contribution in [0, 0.1) is 24.1 Å². The number of nitrogens with one attached hydrogen (secondary N) is 1. The van der Waals surface area contributed by atoms with E-state index >= 15 is 0 Å². The minimum Gasteiger partial charge on any atom is -0.493 e. The molecule has 0 unspecified atom stereocenters. The number of ether oxygens (including phenoxy) is 2. The second-order valence-corrected chi connectivity index (χ2v) is 12.3. The highest BCUT2D eigenvalue weighted by atomic mass is 32.2. The van der Waals surface area contributed by atoms with Gasteiger partial charge in [0, 0.05) is 17.3 Å². The van der Waals surface area contributed by atoms with Gasteiger partial charge in [0.15, 0.2) is 5.03 Å². The normalized spacial score (nSPS) is 11.9. The lowest BCUT2D eigenvalue weighted by molar-refractivity contribution is 0.0975. The van der Waals surface area contributed by atoms with E-state index in [1.165, 1.54) is 36.4 Å². The van der Waals surface area contributed by atoms with Crippen molar-refractivity contribution in [2.24, 2.45) is 11.3 Å². The number of halogens is 1. The van der Waals surface area contributed by atoms with Crippen molar-refractivity contribution < 1.29 is 27.1 Å². The number of aryl methyl sites for hydroxylation is 1. The van der Waals surface area contributed by atoms with Crippen molar-refractivity contribution in [3.8, 4) is 22.9 Å². The topological polar surface area (TPSA) is 107 Å². The van der Waals surface area contributed by atoms with Gasteiger partial charge in [-0.05, 0) is 61.1 Å². The second kappa shape index (κ2) is 11.9. The molecule has 0 saturated carbocycles. The Morgan fingerprint density at radius 3 is 2.45 bits per heavy atom. The van der Waals surface area contributed by atoms with Gasteiger partial charge < -0.3 is 9.47 Å². The first-order chi connectivity index (χ1) is 17.7. The molecule has 0 radical (unpaired) electrons. The molecule has 2 aromatic heterocycles. The van der Waals surface area contributed by atoms with Gasteiger partial charge in [-0.3, -0.25) is 4.79 Å². The summed E-state index contributed by atoms with van der Waals surface area (Å²) in [4.78, 5) is 21.5. The molecular formula is C28H34FN3O5S. The molecule has 0 aliphatic carbocycles. The van der Waals surface area contributed by atoms with Gasteiger partial charge >= 0.3 is 0 Å². The molecule has 3 rings (SSSR count). The molecule has 204 valence electrons. The number of rotatable bonds is 10. The minimum absolute atomic E-state index is 0.0502. The van der Waals surface area contributed by atoms with Crippen molar-refractivity contribution in [3.05, 3.63) is 65.6 Å². The quantitative estimate of drug-likeness (QED) is 0.357. The third-order valence-corrected chi connectivity index (χ3v) is 6.54. The Hall–Kier alpha value is -3.53. The van der Waals surface area contributed by atoms with E-state index in [1.54, 1.807) is 19.1 Å². The number of benzene rings is 1. The van der Waals surface area contributed by atoms with Gasteiger partial charge in [-0.25, -0.2) is 19.1 Å². The molecule has 2 heterocycles. The van der Waals surface area contributed by atoms with E-state index < -0.39 is 21.7 Å². The summed E-state index contributed by atoms with van der Waals surface area (Å²) in [6.45, 7) is 12.4. The Morgan fingerprint density at radius 2 is 1.79 bits per heavy atom. The molecule has 1 N–H and O–H groups in total. The molecule has 0 spiro atoms. The molecule has 3 aromatic rings. The van der Waals surface area contributed by atoms with Crippen LogP contribution in [-0.4, -0.2) is 37.5 Å². The molecular weight excluding hydrogens is 509 g/mol. The lowest BCUT2D eigenvalue weighted by Gasteiger charge is -2.19. The van der Waals surface area contributed by atoms with Gasteiger partial charge in [-0.15, -0.1) is 0 Å². The number of pyridine rings is 2. The number of amides is 1. The van der Waals surface area contributed by atoms with Crippen molar-refractivity contribution in [2.45, 2.75) is 53.0 Å². The Morgan fingerprint density at radius 1 is 1.05 bits per heavy atom. The first-order valence-electron chi connectivity index (χ1n) is 12.3. The highest BCUT2D eigenvalue weighted by Crippen LogP contribution is 2.29. The summed E-state index contributed by atoms with van der Waals surface area (Å²) in [5.41, 5.74) is 1.12. The molecule has 10 heteroatoms. The lowest BCUT2D eigenvalue weighted by Crippen LogP contribution is -2.31. The number of nitrogens with zero attached hydrogens (tertiary/aromatic N) is 2. The first kappa shape index (κ1) is 29.0. The van der Waals surface area contributed by atoms with Crippen molar-refractivity contribution in [1.29, 1.82) is 0 Å². The number of aromatic nitrogens is 2. The standard InChI is InChI=1S/C28H34FN3O5S/c1-18(2)17-37-22-15-20(14-21(29)16-22)24-11-10-23(27(31-24)36-13-12-28(4,5)6)26(33)32-38(34,35)25-9-7-8-19(3)30-25/h7-11,14-16,18H,12-13,17H2,1-6H3,(H,32,33). The molecule has 0 aliphatic rings. The van der Waals surface area contributed by atoms with E-state index in [1.807, 2.05) is 39.3 Å². The highest BCUT2D eigenvalue weighted by molar-refractivity contribution is 7.90. The molecule has 0 atom stereocenters. The van der Waals surface area contributed by atoms with Crippen LogP contribution in [0.3, 0.4) is 0 Å². The molecule has 1 aromatic carbocycles. The van der Waals surface area contributed by atoms with Crippen LogP contribution in [0.1, 0.15) is 57.1 Å². The van der Waals surface area contributed by atoms with Crippen molar-refractivity contribution in [1.82, 2.24) is 14.7 Å². The third-order valence-electron chi connectivity index (χ3n) is 5.31. The maximum absolute atomic E-state index is 14.4. The zero-order valence-electron chi connectivity index (χ0n) is 22.5. The number of carbonyl (C=O) groups is 1. The van der Waals surface area contributed by atoms with Crippen molar-refractivity contribution in [2.75, 3.05) is 13.2 Å². The second-order valence-electron chi connectivity index (χ2n) is 10.6. The maximum Gasteiger partial charge on any atom is 0.281 e. The van der Waals surface area contributed by atoms with Crippen LogP contribution in [0.4, 0.5) is 4.39 Å². The van der Waals surface area contributed by atoms with Gasteiger partial charge in [0.2, 0.25) is 5.88 Å². The Balaban J connectivity index is 1.96. The Kier molecular flexibility index (Phi) is 9.09. The summed E-state index contributed by atoms with van der Waals surface area (Å²) in [6, 6.07) is 11.6. The largest absolute Gasteiger partial charge is 0.493 e. The SMILES string of the molecule is Cc1cccc(S(=O)(=O)NC(=O)c2ccc(-c3cc(F)cc(OCC(C)C)c3)nc2OCCC(C)(C)C)n1. The van der Waals surface area contributed by atoms with Crippen LogP contribution in [0.2, 0.25) is 0 Å². The van der Waals surface area contributed by atoms with E-state index in [4.69, 9.17) is 9.47 Å². The summed E-state index contributed by atoms with van der Waals surface area (Å²) in [7, 11) is -4.24. The van der Waals surface area contributed by atoms with Crippen LogP contribution in [-0.2, 0) is 10.0 Å². The number of hydrogen-bond acceptors (Lipinski definition) is 7. The molecule has 1 amide bonds. The van der Waals surface area contributed by atoms with Crippen LogP contribution in [0.15, 0.2) is 53.6 Å². The first-order valence-corrected chi connectivity index (χ1v) is 13.8. The zero-order chi connectivity index (χ0) is 28.1. The summed E-state index contributed by atoms with van der Waals surface area (Å²) in [5, 5.41) is -0.278. The van der Waals surface area contributed by atoms with Crippen molar-refractivity contribution in [3.63, 3.8) is 0 Å². The summed E-state index contributed by atoms with van der Waals surface area (Å²) >= 11 is 0. The van der Waals surface area contributed by atoms with Crippen LogP contribution in [0.5, 0.6) is 11.6 Å². The average Bonchev–Trinajstić information content (AvgIpc) is 2.81. The van der Waals surface area contributed by atoms with E-state index in [0.717, 1.165) is 0 Å². The monoisotopic (exact) mass is 543 g/mol. The van der Waals surface area contributed by atoms with Crippen LogP contribution in [0.25, 0.3) is 11.3 Å². The molecule has 0 aliphatic heterocycles. The van der Waals surface area contributed by atoms with E-state index in [-0.39, 0.29) is 34.4 Å². The third kappa shape index (κ3) is 8.24. The fraction of sp³-hybridized carbons (Fsp3) is 0.393. The summed E-state index contributed by atoms with van der Waals surface area (Å²) < 4.78 is 53.5. The van der Waals surface area contributed by atoms with Crippen LogP contribution < -0.4 is 14.2 Å². The smallest absolute Gasteiger partial charge is 0.281 e. The van der Waals surface area contributed by atoms with Gasteiger partial charge in [-0.1, -0.05) is 40.7 Å². The van der Waals surface area contributed by atoms with E-state index in [2.05, 4.69) is 9.97 Å². The molecule has 0 saturated heterocycles. The predicted molar refractivity (Wildman–Crippen MR) is 143 cm³/mol. The lowest BCUT2D eigenvalue weighted by atomic mass is 9.93. The fourth-order valence-corrected chi connectivity index (χ4v) is 4.27. The van der Waals surface area contributed by atoms with Crippen LogP contribution >= 0.6 is 0 Å². The fourth-order valence-electron chi connectivity index (χ4n) is 3.29. The summed E-state index contributed by atoms with van der Waals surface area (Å²) in [5.74, 6) is -0.878.